The fourth-order valence-electron chi connectivity index (χ4n) is 10.7. The molecule has 0 amide bonds. The average molecular weight is 2200 g/mol. The van der Waals surface area contributed by atoms with E-state index in [1.807, 2.05) is 60.7 Å². The van der Waals surface area contributed by atoms with Gasteiger partial charge in [0.05, 0.1) is 71.2 Å². The molecule has 0 bridgehead atoms. The maximum atomic E-state index is 12.1. The van der Waals surface area contributed by atoms with Crippen LogP contribution in [0.3, 0.4) is 0 Å². The Morgan fingerprint density at radius 2 is 0.430 bits per heavy atom. The monoisotopic (exact) mass is 2190 g/mol. The molecule has 8 N–H and O–H groups in total. The molecule has 16 nitrogen and oxygen atoms in total. The number of hydrogen-bond acceptors (Lipinski definition) is 16. The average Bonchev–Trinajstić information content (AvgIpc) is 1.19. The standard InChI is InChI=1S/C18H12Br2O4S2.C18H12I2O4S2.C16H8Br2O4S2.C16H8I2O4S2/c2*1-7-13(9-3-5-11(19)25-9)16(18(23)24)8(2)14(15(7)17(21)22)10-4-6-12(20)26-10;2*17-13-3-1-11(23-13)7-5-10(16(21)22)8(6-9(7)15(19)20)12-2-4-14(18)24-12/h2*3-6H,1-2H3,(H,21,22)(H,23,24);2*1-6H,(H,19,20)(H,21,22). The molecule has 8 heterocycles. The van der Waals surface area contributed by atoms with Gasteiger partial charge in [0.25, 0.3) is 0 Å². The second-order valence-electron chi connectivity index (χ2n) is 20.7. The number of rotatable bonds is 16. The third kappa shape index (κ3) is 17.7. The first kappa shape index (κ1) is 79.2. The molecule has 0 aliphatic heterocycles. The van der Waals surface area contributed by atoms with Gasteiger partial charge in [0.2, 0.25) is 0 Å². The van der Waals surface area contributed by atoms with E-state index >= 15 is 0 Å². The minimum atomic E-state index is -1.09. The highest BCUT2D eigenvalue weighted by Gasteiger charge is 2.32. The number of benzene rings is 4. The van der Waals surface area contributed by atoms with Gasteiger partial charge in [-0.25, -0.2) is 38.4 Å². The summed E-state index contributed by atoms with van der Waals surface area (Å²) in [5.41, 5.74) is 6.44. The molecule has 0 aliphatic carbocycles. The molecule has 0 atom stereocenters. The summed E-state index contributed by atoms with van der Waals surface area (Å²) in [7, 11) is 0. The van der Waals surface area contributed by atoms with Crippen molar-refractivity contribution in [3.63, 3.8) is 0 Å². The lowest BCUT2D eigenvalue weighted by Crippen LogP contribution is -2.12. The molecule has 0 fully saturated rings. The van der Waals surface area contributed by atoms with Crippen LogP contribution in [-0.2, 0) is 0 Å². The third-order valence-electron chi connectivity index (χ3n) is 14.7. The zero-order valence-corrected chi connectivity index (χ0v) is 72.2. The molecule has 0 saturated heterocycles. The SMILES string of the molecule is Cc1c(C(=O)O)c(-c2ccc(Br)s2)c(C)c(C(=O)O)c1-c1ccc(Br)s1.Cc1c(C(=O)O)c(-c2ccc(I)s2)c(C)c(C(=O)O)c1-c1ccc(I)s1.O=C(O)c1cc(-c2ccc(Br)s2)c(C(=O)O)cc1-c1ccc(Br)s1.O=C(O)c1cc(-c2ccc(I)s2)c(C(=O)O)cc1-c1ccc(I)s1. The molecule has 0 spiro atoms. The van der Waals surface area contributed by atoms with Crippen molar-refractivity contribution in [2.45, 2.75) is 27.7 Å². The zero-order valence-electron chi connectivity index (χ0n) is 50.7. The maximum absolute atomic E-state index is 12.1. The first-order chi connectivity index (χ1) is 47.2. The normalized spacial score (nSPS) is 10.8. The Balaban J connectivity index is 0.000000156. The summed E-state index contributed by atoms with van der Waals surface area (Å²) in [6.07, 6.45) is 0. The Morgan fingerprint density at radius 1 is 0.260 bits per heavy atom. The summed E-state index contributed by atoms with van der Waals surface area (Å²) < 4.78 is 7.43. The Hall–Kier alpha value is -4.92. The van der Waals surface area contributed by atoms with Gasteiger partial charge < -0.3 is 40.9 Å². The summed E-state index contributed by atoms with van der Waals surface area (Å²) in [4.78, 5) is 101. The van der Waals surface area contributed by atoms with Crippen LogP contribution in [0.5, 0.6) is 0 Å². The molecule has 12 rings (SSSR count). The van der Waals surface area contributed by atoms with Crippen LogP contribution >= 0.6 is 245 Å². The van der Waals surface area contributed by atoms with Crippen LogP contribution in [0.15, 0.2) is 136 Å². The molecule has 4 aromatic carbocycles. The van der Waals surface area contributed by atoms with Crippen LogP contribution < -0.4 is 0 Å². The van der Waals surface area contributed by atoms with E-state index in [-0.39, 0.29) is 44.5 Å². The molecule has 12 aromatic rings. The van der Waals surface area contributed by atoms with Crippen LogP contribution in [0.2, 0.25) is 0 Å². The molecule has 0 radical (unpaired) electrons. The van der Waals surface area contributed by atoms with Crippen molar-refractivity contribution < 1.29 is 79.2 Å². The van der Waals surface area contributed by atoms with Crippen molar-refractivity contribution in [3.8, 4) is 83.5 Å². The number of aromatic carboxylic acids is 8. The highest BCUT2D eigenvalue weighted by Crippen LogP contribution is 2.48. The number of carboxylic acids is 8. The number of halogens is 8. The molecule has 32 heteroatoms. The lowest BCUT2D eigenvalue weighted by Gasteiger charge is -2.19. The summed E-state index contributed by atoms with van der Waals surface area (Å²) in [6, 6.07) is 35.1. The number of carboxylic acid groups (broad SMARTS) is 8. The zero-order chi connectivity index (χ0) is 73.2. The molecule has 100 heavy (non-hydrogen) atoms. The molecule has 0 unspecified atom stereocenters. The lowest BCUT2D eigenvalue weighted by atomic mass is 9.86. The van der Waals surface area contributed by atoms with Gasteiger partial charge in [0.1, 0.15) is 0 Å². The molecule has 0 aliphatic rings. The Labute approximate surface area is 688 Å². The van der Waals surface area contributed by atoms with Gasteiger partial charge in [-0.3, -0.25) is 0 Å². The fraction of sp³-hybridized carbons (Fsp3) is 0.0588. The van der Waals surface area contributed by atoms with Gasteiger partial charge >= 0.3 is 47.8 Å². The number of hydrogen-bond donors (Lipinski definition) is 8. The minimum absolute atomic E-state index is 0.0777. The quantitative estimate of drug-likeness (QED) is 0.0417. The van der Waals surface area contributed by atoms with Crippen molar-refractivity contribution in [1.82, 2.24) is 0 Å². The molecular formula is C68H40Br4I4O16S8. The minimum Gasteiger partial charge on any atom is -0.478 e. The summed E-state index contributed by atoms with van der Waals surface area (Å²) in [5, 5.41) is 77.9. The van der Waals surface area contributed by atoms with Crippen LogP contribution in [0, 0.1) is 39.2 Å². The van der Waals surface area contributed by atoms with Gasteiger partial charge in [-0.2, -0.15) is 0 Å². The topological polar surface area (TPSA) is 298 Å². The Kier molecular flexibility index (Phi) is 26.8. The van der Waals surface area contributed by atoms with Crippen LogP contribution in [0.25, 0.3) is 83.5 Å². The lowest BCUT2D eigenvalue weighted by molar-refractivity contribution is 0.0681. The summed E-state index contributed by atoms with van der Waals surface area (Å²) in [6.45, 7) is 6.73. The van der Waals surface area contributed by atoms with Crippen molar-refractivity contribution in [2.75, 3.05) is 0 Å². The van der Waals surface area contributed by atoms with Crippen LogP contribution in [0.1, 0.15) is 105 Å². The summed E-state index contributed by atoms with van der Waals surface area (Å²) in [5.74, 6) is -8.57. The second-order valence-corrected chi connectivity index (χ2v) is 42.4. The number of carbonyl (C=O) groups is 8. The highest BCUT2D eigenvalue weighted by atomic mass is 127. The largest absolute Gasteiger partial charge is 0.478 e. The molecule has 0 saturated carbocycles. The maximum Gasteiger partial charge on any atom is 0.336 e. The molecule has 512 valence electrons. The second kappa shape index (κ2) is 33.9. The van der Waals surface area contributed by atoms with Crippen LogP contribution in [0.4, 0.5) is 0 Å². The van der Waals surface area contributed by atoms with Gasteiger partial charge in [-0.1, -0.05) is 0 Å². The van der Waals surface area contributed by atoms with Gasteiger partial charge in [0, 0.05) is 83.5 Å². The van der Waals surface area contributed by atoms with Crippen molar-refractivity contribution in [2.24, 2.45) is 0 Å². The van der Waals surface area contributed by atoms with Crippen molar-refractivity contribution in [3.05, 3.63) is 215 Å². The first-order valence-electron chi connectivity index (χ1n) is 27.8. The van der Waals surface area contributed by atoms with E-state index in [9.17, 15) is 79.2 Å². The van der Waals surface area contributed by atoms with Crippen molar-refractivity contribution in [1.29, 1.82) is 0 Å². The predicted molar refractivity (Wildman–Crippen MR) is 449 cm³/mol. The smallest absolute Gasteiger partial charge is 0.336 e. The van der Waals surface area contributed by atoms with E-state index in [1.54, 1.807) is 64.1 Å². The predicted octanol–water partition coefficient (Wildman–Crippen LogP) is 24.9. The van der Waals surface area contributed by atoms with Gasteiger partial charge in [0.15, 0.2) is 0 Å². The number of thiophene rings is 8. The highest BCUT2D eigenvalue weighted by molar-refractivity contribution is 14.1. The first-order valence-corrected chi connectivity index (χ1v) is 41.8. The van der Waals surface area contributed by atoms with Gasteiger partial charge in [-0.15, -0.1) is 90.7 Å². The van der Waals surface area contributed by atoms with E-state index in [0.29, 0.717) is 76.5 Å². The van der Waals surface area contributed by atoms with E-state index in [1.165, 1.54) is 115 Å². The third-order valence-corrected chi connectivity index (χ3v) is 29.0. The van der Waals surface area contributed by atoms with E-state index < -0.39 is 47.8 Å². The Morgan fingerprint density at radius 3 is 0.590 bits per heavy atom. The fourth-order valence-corrected chi connectivity index (χ4v) is 23.2. The van der Waals surface area contributed by atoms with Crippen LogP contribution in [-0.4, -0.2) is 88.6 Å². The molecule has 8 aromatic heterocycles. The van der Waals surface area contributed by atoms with E-state index in [2.05, 4.69) is 154 Å². The van der Waals surface area contributed by atoms with E-state index in [0.717, 1.165) is 55.9 Å². The van der Waals surface area contributed by atoms with Crippen molar-refractivity contribution >= 4 is 293 Å². The Bertz CT molecular complexity index is 4670. The summed E-state index contributed by atoms with van der Waals surface area (Å²) >= 11 is 33.3. The molecular weight excluding hydrogens is 2160 g/mol. The van der Waals surface area contributed by atoms with Gasteiger partial charge in [-0.05, 0) is 325 Å². The van der Waals surface area contributed by atoms with E-state index in [4.69, 9.17) is 0 Å².